The number of benzene rings is 9. The van der Waals surface area contributed by atoms with E-state index in [0.29, 0.717) is 0 Å². The van der Waals surface area contributed by atoms with Crippen molar-refractivity contribution in [3.05, 3.63) is 206 Å². The summed E-state index contributed by atoms with van der Waals surface area (Å²) in [5.41, 5.74) is 16.1. The largest absolute Gasteiger partial charge is 0.453 e. The molecule has 0 atom stereocenters. The van der Waals surface area contributed by atoms with Crippen LogP contribution >= 0.6 is 0 Å². The van der Waals surface area contributed by atoms with Crippen LogP contribution in [0.4, 0.5) is 0 Å². The van der Waals surface area contributed by atoms with Crippen molar-refractivity contribution in [1.82, 2.24) is 19.1 Å². The van der Waals surface area contributed by atoms with Crippen molar-refractivity contribution in [2.45, 2.75) is 0 Å². The normalized spacial score (nSPS) is 11.9. The van der Waals surface area contributed by atoms with Gasteiger partial charge in [0.2, 0.25) is 0 Å². The van der Waals surface area contributed by atoms with E-state index in [-0.39, 0.29) is 0 Å². The predicted octanol–water partition coefficient (Wildman–Crippen LogP) is 14.7. The number of hydrogen-bond donors (Lipinski definition) is 0. The maximum atomic E-state index is 6.98. The minimum atomic E-state index is 0.855. The average molecular weight is 779 g/mol. The summed E-state index contributed by atoms with van der Waals surface area (Å²) < 4.78 is 11.8. The first-order valence-electron chi connectivity index (χ1n) is 20.7. The van der Waals surface area contributed by atoms with Crippen LogP contribution in [-0.2, 0) is 0 Å². The molecule has 0 fully saturated rings. The fourth-order valence-electron chi connectivity index (χ4n) is 9.67. The number of fused-ring (bicyclic) bond motifs is 11. The van der Waals surface area contributed by atoms with Gasteiger partial charge in [-0.2, -0.15) is 0 Å². The number of aromatic nitrogens is 4. The van der Waals surface area contributed by atoms with Crippen LogP contribution < -0.4 is 0 Å². The summed E-state index contributed by atoms with van der Waals surface area (Å²) in [6.07, 6.45) is 0. The van der Waals surface area contributed by atoms with E-state index in [9.17, 15) is 0 Å². The molecule has 0 spiro atoms. The molecule has 9 aromatic carbocycles. The van der Waals surface area contributed by atoms with Gasteiger partial charge in [0.25, 0.3) is 0 Å². The maximum absolute atomic E-state index is 6.98. The quantitative estimate of drug-likeness (QED) is 0.175. The number of nitrogens with zero attached hydrogens (tertiary/aromatic N) is 4. The molecule has 13 rings (SSSR count). The second kappa shape index (κ2) is 13.1. The van der Waals surface area contributed by atoms with Crippen LogP contribution in [0.3, 0.4) is 0 Å². The van der Waals surface area contributed by atoms with Gasteiger partial charge >= 0.3 is 0 Å². The first-order chi connectivity index (χ1) is 30.3. The van der Waals surface area contributed by atoms with E-state index >= 15 is 0 Å². The Labute approximate surface area is 350 Å². The molecule has 4 aromatic heterocycles. The van der Waals surface area contributed by atoms with E-state index in [2.05, 4.69) is 185 Å². The van der Waals surface area contributed by atoms with E-state index in [1.807, 2.05) is 30.3 Å². The highest BCUT2D eigenvalue weighted by Gasteiger charge is 2.23. The Balaban J connectivity index is 1.06. The van der Waals surface area contributed by atoms with Crippen LogP contribution in [-0.4, -0.2) is 19.1 Å². The van der Waals surface area contributed by atoms with Gasteiger partial charge in [-0.3, -0.25) is 0 Å². The van der Waals surface area contributed by atoms with Gasteiger partial charge in [-0.25, -0.2) is 9.97 Å². The standard InChI is InChI=1S/C56H34N4O/c1-3-16-35(17-4-1)39-24-14-25-40-41-26-15-31-50(56(41)61-55(39)40)60-47-30-12-8-23-43(47)52-49(60)33-32-48-51(52)42-22-7-11-29-46(42)59(48)38-21-13-20-37(34-38)54-53(36-18-5-2-6-19-36)57-44-27-9-10-28-45(44)58-54/h1-34H. The summed E-state index contributed by atoms with van der Waals surface area (Å²) in [5.74, 6) is 0. The van der Waals surface area contributed by atoms with Crippen molar-refractivity contribution in [2.24, 2.45) is 0 Å². The summed E-state index contributed by atoms with van der Waals surface area (Å²) in [5, 5.41) is 7.02. The molecule has 0 radical (unpaired) electrons. The van der Waals surface area contributed by atoms with Crippen LogP contribution in [0.5, 0.6) is 0 Å². The Morgan fingerprint density at radius 3 is 1.56 bits per heavy atom. The highest BCUT2D eigenvalue weighted by molar-refractivity contribution is 6.29. The topological polar surface area (TPSA) is 48.8 Å². The second-order valence-corrected chi connectivity index (χ2v) is 15.7. The zero-order chi connectivity index (χ0) is 40.0. The minimum Gasteiger partial charge on any atom is -0.453 e. The monoisotopic (exact) mass is 778 g/mol. The molecule has 5 nitrogen and oxygen atoms in total. The zero-order valence-corrected chi connectivity index (χ0v) is 32.8. The molecule has 0 bridgehead atoms. The Kier molecular flexibility index (Phi) is 7.24. The fourth-order valence-corrected chi connectivity index (χ4v) is 9.67. The SMILES string of the molecule is c1ccc(-c2nc3ccccc3nc2-c2cccc(-n3c4ccccc4c4c5c6ccccc6n(-c6cccc7c6oc6c(-c8ccccc8)cccc67)c5ccc43)c2)cc1. The van der Waals surface area contributed by atoms with Gasteiger partial charge in [-0.05, 0) is 60.2 Å². The lowest BCUT2D eigenvalue weighted by Gasteiger charge is -2.13. The molecule has 284 valence electrons. The molecular formula is C56H34N4O. The lowest BCUT2D eigenvalue weighted by atomic mass is 10.0. The van der Waals surface area contributed by atoms with Gasteiger partial charge in [0.05, 0.1) is 50.2 Å². The summed E-state index contributed by atoms with van der Waals surface area (Å²) in [7, 11) is 0. The van der Waals surface area contributed by atoms with Crippen molar-refractivity contribution < 1.29 is 4.42 Å². The molecule has 61 heavy (non-hydrogen) atoms. The third kappa shape index (κ3) is 5.01. The lowest BCUT2D eigenvalue weighted by Crippen LogP contribution is -1.98. The molecule has 0 amide bonds. The van der Waals surface area contributed by atoms with E-state index in [1.54, 1.807) is 0 Å². The molecule has 0 aliphatic heterocycles. The van der Waals surface area contributed by atoms with Crippen molar-refractivity contribution in [3.8, 4) is 45.0 Å². The van der Waals surface area contributed by atoms with Gasteiger partial charge in [0, 0.05) is 54.7 Å². The Bertz CT molecular complexity index is 3880. The molecule has 4 heterocycles. The molecule has 0 aliphatic rings. The summed E-state index contributed by atoms with van der Waals surface area (Å²) >= 11 is 0. The number of para-hydroxylation sites is 6. The predicted molar refractivity (Wildman–Crippen MR) is 252 cm³/mol. The smallest absolute Gasteiger partial charge is 0.159 e. The third-order valence-corrected chi connectivity index (χ3v) is 12.3. The summed E-state index contributed by atoms with van der Waals surface area (Å²) in [4.78, 5) is 10.4. The number of furan rings is 1. The third-order valence-electron chi connectivity index (χ3n) is 12.3. The molecule has 0 saturated heterocycles. The lowest BCUT2D eigenvalue weighted by molar-refractivity contribution is 0.667. The summed E-state index contributed by atoms with van der Waals surface area (Å²) in [6, 6.07) is 72.8. The van der Waals surface area contributed by atoms with E-state index in [4.69, 9.17) is 14.4 Å². The van der Waals surface area contributed by atoms with E-state index in [1.165, 1.54) is 21.5 Å². The Hall–Kier alpha value is -8.28. The van der Waals surface area contributed by atoms with Crippen LogP contribution in [0.2, 0.25) is 0 Å². The van der Waals surface area contributed by atoms with Crippen molar-refractivity contribution in [3.63, 3.8) is 0 Å². The zero-order valence-electron chi connectivity index (χ0n) is 32.8. The highest BCUT2D eigenvalue weighted by Crippen LogP contribution is 2.45. The van der Waals surface area contributed by atoms with Crippen molar-refractivity contribution in [1.29, 1.82) is 0 Å². The Morgan fingerprint density at radius 1 is 0.344 bits per heavy atom. The first-order valence-corrected chi connectivity index (χ1v) is 20.7. The second-order valence-electron chi connectivity index (χ2n) is 15.7. The molecular weight excluding hydrogens is 745 g/mol. The highest BCUT2D eigenvalue weighted by atomic mass is 16.3. The number of hydrogen-bond acceptors (Lipinski definition) is 3. The van der Waals surface area contributed by atoms with E-state index < -0.39 is 0 Å². The first kappa shape index (κ1) is 33.7. The molecule has 0 saturated carbocycles. The van der Waals surface area contributed by atoms with E-state index in [0.717, 1.165) is 100 Å². The molecule has 0 N–H and O–H groups in total. The molecule has 0 unspecified atom stereocenters. The van der Waals surface area contributed by atoms with Crippen molar-refractivity contribution >= 4 is 76.6 Å². The molecule has 13 aromatic rings. The average Bonchev–Trinajstić information content (AvgIpc) is 4.00. The van der Waals surface area contributed by atoms with Crippen LogP contribution in [0, 0.1) is 0 Å². The Morgan fingerprint density at radius 2 is 0.852 bits per heavy atom. The van der Waals surface area contributed by atoms with Crippen LogP contribution in [0.15, 0.2) is 211 Å². The minimum absolute atomic E-state index is 0.855. The van der Waals surface area contributed by atoms with Crippen LogP contribution in [0.1, 0.15) is 0 Å². The van der Waals surface area contributed by atoms with Gasteiger partial charge in [-0.15, -0.1) is 0 Å². The van der Waals surface area contributed by atoms with Gasteiger partial charge in [-0.1, -0.05) is 152 Å². The summed E-state index contributed by atoms with van der Waals surface area (Å²) in [6.45, 7) is 0. The molecule has 0 aliphatic carbocycles. The number of rotatable bonds is 5. The van der Waals surface area contributed by atoms with Gasteiger partial charge in [0.15, 0.2) is 5.58 Å². The maximum Gasteiger partial charge on any atom is 0.159 e. The van der Waals surface area contributed by atoms with Crippen LogP contribution in [0.25, 0.3) is 122 Å². The van der Waals surface area contributed by atoms with Crippen molar-refractivity contribution in [2.75, 3.05) is 0 Å². The van der Waals surface area contributed by atoms with Gasteiger partial charge in [0.1, 0.15) is 5.58 Å². The molecule has 5 heteroatoms. The van der Waals surface area contributed by atoms with Gasteiger partial charge < -0.3 is 13.6 Å². The fraction of sp³-hybridized carbons (Fsp3) is 0.